The minimum atomic E-state index is -0.317. The Labute approximate surface area is 100 Å². The van der Waals surface area contributed by atoms with Gasteiger partial charge >= 0.3 is 0 Å². The lowest BCUT2D eigenvalue weighted by Gasteiger charge is -2.02. The Morgan fingerprint density at radius 1 is 1.08 bits per heavy atom. The molecule has 0 aliphatic rings. The van der Waals surface area contributed by atoms with E-state index in [2.05, 4.69) is 47.8 Å². The second-order valence-electron chi connectivity index (χ2n) is 2.21. The van der Waals surface area contributed by atoms with Crippen LogP contribution >= 0.6 is 47.8 Å². The minimum Gasteiger partial charge on any atom is -0.281 e. The van der Waals surface area contributed by atoms with E-state index in [1.807, 2.05) is 0 Å². The van der Waals surface area contributed by atoms with E-state index in [-0.39, 0.29) is 9.39 Å². The SMILES string of the molecule is O=C(Br)c1cccc(Br)c1C(=O)Br. The van der Waals surface area contributed by atoms with Gasteiger partial charge in [0.2, 0.25) is 9.39 Å². The normalized spacial score (nSPS) is 9.77. The summed E-state index contributed by atoms with van der Waals surface area (Å²) in [5.41, 5.74) is 0.681. The zero-order chi connectivity index (χ0) is 10.0. The first-order chi connectivity index (χ1) is 6.04. The van der Waals surface area contributed by atoms with Gasteiger partial charge in [-0.25, -0.2) is 0 Å². The first-order valence-electron chi connectivity index (χ1n) is 3.22. The molecule has 1 rings (SSSR count). The lowest BCUT2D eigenvalue weighted by atomic mass is 10.1. The van der Waals surface area contributed by atoms with Gasteiger partial charge in [0.15, 0.2) is 0 Å². The van der Waals surface area contributed by atoms with Crippen LogP contribution in [0.2, 0.25) is 0 Å². The van der Waals surface area contributed by atoms with Crippen molar-refractivity contribution in [3.8, 4) is 0 Å². The van der Waals surface area contributed by atoms with E-state index in [1.54, 1.807) is 18.2 Å². The zero-order valence-electron chi connectivity index (χ0n) is 6.18. The van der Waals surface area contributed by atoms with E-state index in [4.69, 9.17) is 0 Å². The Bertz CT molecular complexity index is 374. The molecule has 0 aromatic heterocycles. The third kappa shape index (κ3) is 2.48. The van der Waals surface area contributed by atoms with E-state index >= 15 is 0 Å². The fourth-order valence-electron chi connectivity index (χ4n) is 0.888. The quantitative estimate of drug-likeness (QED) is 0.746. The second kappa shape index (κ2) is 4.48. The van der Waals surface area contributed by atoms with Crippen LogP contribution in [0.25, 0.3) is 0 Å². The molecule has 0 saturated heterocycles. The maximum Gasteiger partial charge on any atom is 0.229 e. The summed E-state index contributed by atoms with van der Waals surface area (Å²) in [6, 6.07) is 4.97. The molecule has 13 heavy (non-hydrogen) atoms. The van der Waals surface area contributed by atoms with Crippen molar-refractivity contribution in [2.45, 2.75) is 0 Å². The van der Waals surface area contributed by atoms with Gasteiger partial charge in [-0.3, -0.25) is 9.59 Å². The van der Waals surface area contributed by atoms with E-state index in [0.29, 0.717) is 15.6 Å². The third-order valence-electron chi connectivity index (χ3n) is 1.42. The van der Waals surface area contributed by atoms with Crippen LogP contribution in [0.1, 0.15) is 20.7 Å². The fourth-order valence-corrected chi connectivity index (χ4v) is 2.46. The molecule has 0 fully saturated rings. The lowest BCUT2D eigenvalue weighted by Crippen LogP contribution is -2.00. The van der Waals surface area contributed by atoms with E-state index in [9.17, 15) is 9.59 Å². The molecule has 5 heteroatoms. The first-order valence-corrected chi connectivity index (χ1v) is 5.60. The maximum atomic E-state index is 11.1. The fraction of sp³-hybridized carbons (Fsp3) is 0. The standard InChI is InChI=1S/C8H3Br3O2/c9-5-3-1-2-4(7(10)12)6(5)8(11)13/h1-3H. The molecule has 0 unspecified atom stereocenters. The van der Waals surface area contributed by atoms with Crippen molar-refractivity contribution in [3.63, 3.8) is 0 Å². The van der Waals surface area contributed by atoms with Crippen molar-refractivity contribution in [1.82, 2.24) is 0 Å². The Balaban J connectivity index is 3.43. The molecule has 0 bridgehead atoms. The highest BCUT2D eigenvalue weighted by atomic mass is 79.9. The number of benzene rings is 1. The number of hydrogen-bond acceptors (Lipinski definition) is 2. The van der Waals surface area contributed by atoms with Crippen molar-refractivity contribution < 1.29 is 9.59 Å². The molecule has 0 saturated carbocycles. The Morgan fingerprint density at radius 3 is 2.08 bits per heavy atom. The molecule has 0 N–H and O–H groups in total. The Kier molecular flexibility index (Phi) is 3.82. The molecule has 1 aromatic rings. The molecule has 0 heterocycles. The molecule has 0 aliphatic carbocycles. The van der Waals surface area contributed by atoms with Gasteiger partial charge in [0.05, 0.1) is 5.56 Å². The van der Waals surface area contributed by atoms with Crippen molar-refractivity contribution in [1.29, 1.82) is 0 Å². The summed E-state index contributed by atoms with van der Waals surface area (Å²) in [6.07, 6.45) is 0. The van der Waals surface area contributed by atoms with Crippen LogP contribution in [0, 0.1) is 0 Å². The van der Waals surface area contributed by atoms with E-state index in [1.165, 1.54) is 0 Å². The predicted octanol–water partition coefficient (Wildman–Crippen LogP) is 3.52. The monoisotopic (exact) mass is 368 g/mol. The van der Waals surface area contributed by atoms with Gasteiger partial charge in [-0.1, -0.05) is 6.07 Å². The van der Waals surface area contributed by atoms with Gasteiger partial charge in [-0.2, -0.15) is 0 Å². The van der Waals surface area contributed by atoms with Gasteiger partial charge in [0.25, 0.3) is 0 Å². The average Bonchev–Trinajstić information content (AvgIpc) is 2.02. The summed E-state index contributed by atoms with van der Waals surface area (Å²) in [5, 5.41) is 0. The van der Waals surface area contributed by atoms with E-state index < -0.39 is 0 Å². The lowest BCUT2D eigenvalue weighted by molar-refractivity contribution is 0.106. The minimum absolute atomic E-state index is 0.309. The highest BCUT2D eigenvalue weighted by molar-refractivity contribution is 9.19. The van der Waals surface area contributed by atoms with Crippen molar-refractivity contribution in [2.24, 2.45) is 0 Å². The molecular weight excluding hydrogens is 368 g/mol. The van der Waals surface area contributed by atoms with Crippen LogP contribution in [0.3, 0.4) is 0 Å². The van der Waals surface area contributed by atoms with Crippen molar-refractivity contribution in [3.05, 3.63) is 33.8 Å². The maximum absolute atomic E-state index is 11.1. The molecule has 68 valence electrons. The highest BCUT2D eigenvalue weighted by Crippen LogP contribution is 2.24. The van der Waals surface area contributed by atoms with Crippen LogP contribution < -0.4 is 0 Å². The summed E-state index contributed by atoms with van der Waals surface area (Å²) in [5.74, 6) is 0. The van der Waals surface area contributed by atoms with Crippen LogP contribution in [-0.4, -0.2) is 9.39 Å². The molecule has 0 amide bonds. The van der Waals surface area contributed by atoms with Crippen LogP contribution in [0.15, 0.2) is 22.7 Å². The number of rotatable bonds is 2. The number of carbonyl (C=O) groups is 2. The topological polar surface area (TPSA) is 34.1 Å². The Morgan fingerprint density at radius 2 is 1.69 bits per heavy atom. The van der Waals surface area contributed by atoms with Gasteiger partial charge in [-0.05, 0) is 59.9 Å². The summed E-state index contributed by atoms with van der Waals surface area (Å²) in [7, 11) is 0. The number of halogens is 3. The van der Waals surface area contributed by atoms with E-state index in [0.717, 1.165) is 0 Å². The molecule has 0 aliphatic heterocycles. The van der Waals surface area contributed by atoms with Crippen molar-refractivity contribution in [2.75, 3.05) is 0 Å². The van der Waals surface area contributed by atoms with Crippen LogP contribution in [-0.2, 0) is 0 Å². The number of hydrogen-bond donors (Lipinski definition) is 0. The average molecular weight is 371 g/mol. The molecule has 1 aromatic carbocycles. The first kappa shape index (κ1) is 11.1. The van der Waals surface area contributed by atoms with Gasteiger partial charge in [0, 0.05) is 10.0 Å². The highest BCUT2D eigenvalue weighted by Gasteiger charge is 2.15. The molecule has 0 atom stereocenters. The van der Waals surface area contributed by atoms with Gasteiger partial charge in [0.1, 0.15) is 0 Å². The zero-order valence-corrected chi connectivity index (χ0v) is 10.9. The summed E-state index contributed by atoms with van der Waals surface area (Å²) < 4.78 is -0.0287. The number of carbonyl (C=O) groups excluding carboxylic acids is 2. The molecule has 0 spiro atoms. The molecule has 2 nitrogen and oxygen atoms in total. The largest absolute Gasteiger partial charge is 0.281 e. The van der Waals surface area contributed by atoms with Gasteiger partial charge < -0.3 is 0 Å². The van der Waals surface area contributed by atoms with Gasteiger partial charge in [-0.15, -0.1) is 0 Å². The molecular formula is C8H3Br3O2. The van der Waals surface area contributed by atoms with Crippen molar-refractivity contribution >= 4 is 57.2 Å². The Hall–Kier alpha value is -0.0000000000000000555. The summed E-state index contributed by atoms with van der Waals surface area (Å²) in [6.45, 7) is 0. The summed E-state index contributed by atoms with van der Waals surface area (Å²) in [4.78, 5) is 22.2. The smallest absolute Gasteiger partial charge is 0.229 e. The van der Waals surface area contributed by atoms with Crippen LogP contribution in [0.5, 0.6) is 0 Å². The second-order valence-corrected chi connectivity index (χ2v) is 4.50. The summed E-state index contributed by atoms with van der Waals surface area (Å²) >= 11 is 8.81. The third-order valence-corrected chi connectivity index (χ3v) is 2.91. The van der Waals surface area contributed by atoms with Crippen LogP contribution in [0.4, 0.5) is 0 Å². The predicted molar refractivity (Wildman–Crippen MR) is 60.7 cm³/mol. The molecule has 0 radical (unpaired) electrons.